The number of alkyl halides is 2. The summed E-state index contributed by atoms with van der Waals surface area (Å²) in [6, 6.07) is -0.469. The molecule has 0 aromatic carbocycles. The first kappa shape index (κ1) is 25.2. The maximum Gasteiger partial charge on any atom is 0.309 e. The van der Waals surface area contributed by atoms with Gasteiger partial charge in [0.25, 0.3) is 11.2 Å². The predicted octanol–water partition coefficient (Wildman–Crippen LogP) is 1.28. The number of ether oxygens (including phenoxy) is 2. The molecular formula is C19H23F2NO8RfS2-2. The van der Waals surface area contributed by atoms with Crippen molar-refractivity contribution < 1.29 is 45.6 Å². The molecule has 4 rings (SSSR count). The number of fused-ring (bicyclic) bond motifs is 1. The van der Waals surface area contributed by atoms with Gasteiger partial charge in [-0.15, -0.1) is 11.8 Å². The molecule has 4 fully saturated rings. The smallest absolute Gasteiger partial charge is 0.309 e. The average Bonchev–Trinajstić information content (AvgIpc) is 3.19. The normalized spacial score (nSPS) is 33.5. The van der Waals surface area contributed by atoms with Crippen molar-refractivity contribution in [3.05, 3.63) is 6.61 Å². The number of rotatable bonds is 6. The second-order valence-electron chi connectivity index (χ2n) is 9.59. The van der Waals surface area contributed by atoms with Gasteiger partial charge in [0.05, 0.1) is 29.0 Å². The number of hydrogen-bond acceptors (Lipinski definition) is 9. The average molecular weight is 763 g/mol. The summed E-state index contributed by atoms with van der Waals surface area (Å²) < 4.78 is 69.1. The van der Waals surface area contributed by atoms with Crippen LogP contribution in [0.4, 0.5) is 8.78 Å². The maximum atomic E-state index is 13.4. The molecular weight excluding hydrogens is 739 g/mol. The SMILES string of the molecule is CC(C)(C)N1C(=O)C2C3SC(C(OC(=O)C4CCC4)C31)C2C(=O)O[CH-]C(F)(F)S(=O)(=O)[O-].[Rf]. The Labute approximate surface area is 188 Å². The van der Waals surface area contributed by atoms with Gasteiger partial charge in [-0.25, -0.2) is 17.2 Å². The summed E-state index contributed by atoms with van der Waals surface area (Å²) in [5, 5.41) is -6.04. The second kappa shape index (κ2) is 7.79. The van der Waals surface area contributed by atoms with Gasteiger partial charge in [0, 0.05) is 10.8 Å². The summed E-state index contributed by atoms with van der Waals surface area (Å²) in [7, 11) is -6.08. The van der Waals surface area contributed by atoms with Gasteiger partial charge in [0.2, 0.25) is 5.91 Å². The molecule has 6 atom stereocenters. The second-order valence-corrected chi connectivity index (χ2v) is 12.4. The number of esters is 2. The summed E-state index contributed by atoms with van der Waals surface area (Å²) in [6.07, 6.45) is 1.47. The Hall–Kier alpha value is -2.47. The fourth-order valence-corrected chi connectivity index (χ4v) is 7.19. The molecule has 4 aliphatic rings. The Kier molecular flexibility index (Phi) is 5.94. The molecule has 1 saturated carbocycles. The van der Waals surface area contributed by atoms with Gasteiger partial charge in [0.1, 0.15) is 16.2 Å². The quantitative estimate of drug-likeness (QED) is 0.223. The molecule has 3 aliphatic heterocycles. The molecule has 1 amide bonds. The van der Waals surface area contributed by atoms with Crippen LogP contribution in [-0.4, -0.2) is 69.2 Å². The first-order valence-corrected chi connectivity index (χ1v) is 12.6. The van der Waals surface area contributed by atoms with E-state index >= 15 is 0 Å². The molecule has 14 heteroatoms. The van der Waals surface area contributed by atoms with Crippen LogP contribution in [0.5, 0.6) is 0 Å². The van der Waals surface area contributed by atoms with Crippen molar-refractivity contribution in [2.45, 2.75) is 73.5 Å². The molecule has 182 valence electrons. The van der Waals surface area contributed by atoms with Crippen LogP contribution < -0.4 is 0 Å². The molecule has 0 spiro atoms. The van der Waals surface area contributed by atoms with Gasteiger partial charge in [-0.3, -0.25) is 14.4 Å². The van der Waals surface area contributed by atoms with Crippen LogP contribution in [0, 0.1) is 24.4 Å². The van der Waals surface area contributed by atoms with Crippen molar-refractivity contribution >= 4 is 39.7 Å². The Morgan fingerprint density at radius 3 is 2.27 bits per heavy atom. The predicted molar refractivity (Wildman–Crippen MR) is 105 cm³/mol. The fraction of sp³-hybridized carbons (Fsp3) is 0.789. The number of nitrogens with zero attached hydrogens (tertiary/aromatic N) is 1. The number of carbonyl (C=O) groups is 3. The van der Waals surface area contributed by atoms with Gasteiger partial charge in [-0.1, -0.05) is 13.0 Å². The zero-order valence-corrected chi connectivity index (χ0v) is 26.3. The molecule has 0 aromatic heterocycles. The van der Waals surface area contributed by atoms with Crippen LogP contribution >= 0.6 is 11.8 Å². The number of hydrogen-bond donors (Lipinski definition) is 0. The third kappa shape index (κ3) is 3.82. The van der Waals surface area contributed by atoms with E-state index < -0.39 is 73.9 Å². The number of likely N-dealkylation sites (tertiary alicyclic amines) is 1. The van der Waals surface area contributed by atoms with E-state index in [4.69, 9.17) is 4.74 Å². The fourth-order valence-electron chi connectivity index (χ4n) is 4.94. The molecule has 3 saturated heterocycles. The number of amides is 1. The van der Waals surface area contributed by atoms with Gasteiger partial charge >= 0.3 is 5.97 Å². The maximum absolute atomic E-state index is 13.4. The topological polar surface area (TPSA) is 130 Å². The van der Waals surface area contributed by atoms with Crippen LogP contribution in [0.15, 0.2) is 0 Å². The van der Waals surface area contributed by atoms with Gasteiger partial charge < -0.3 is 18.9 Å². The van der Waals surface area contributed by atoms with E-state index in [1.54, 1.807) is 25.7 Å². The minimum atomic E-state index is -6.08. The van der Waals surface area contributed by atoms with E-state index in [-0.39, 0.29) is 11.8 Å². The van der Waals surface area contributed by atoms with Gasteiger partial charge in [0.15, 0.2) is 0 Å². The summed E-state index contributed by atoms with van der Waals surface area (Å²) >= 11 is 1.27. The van der Waals surface area contributed by atoms with Gasteiger partial charge in [-0.05, 0) is 33.6 Å². The Balaban J connectivity index is 0.00000306. The van der Waals surface area contributed by atoms with E-state index in [2.05, 4.69) is 4.74 Å². The molecule has 0 radical (unpaired) electrons. The van der Waals surface area contributed by atoms with Crippen LogP contribution in [0.25, 0.3) is 0 Å². The molecule has 9 nitrogen and oxygen atoms in total. The van der Waals surface area contributed by atoms with Gasteiger partial charge in [-0.2, -0.15) is 0 Å². The minimum Gasteiger partial charge on any atom is -0.746 e. The summed E-state index contributed by atoms with van der Waals surface area (Å²) in [5.74, 6) is -4.40. The van der Waals surface area contributed by atoms with Crippen LogP contribution in [0.3, 0.4) is 0 Å². The summed E-state index contributed by atoms with van der Waals surface area (Å²) in [4.78, 5) is 40.1. The molecule has 0 aromatic rings. The third-order valence-electron chi connectivity index (χ3n) is 6.56. The first-order valence-electron chi connectivity index (χ1n) is 10.2. The summed E-state index contributed by atoms with van der Waals surface area (Å²) in [6.45, 7) is 4.81. The van der Waals surface area contributed by atoms with Crippen molar-refractivity contribution in [2.24, 2.45) is 17.8 Å². The third-order valence-corrected chi connectivity index (χ3v) is 9.08. The molecule has 3 heterocycles. The first-order chi connectivity index (χ1) is 14.6. The van der Waals surface area contributed by atoms with Crippen molar-refractivity contribution in [1.29, 1.82) is 0 Å². The number of thioether (sulfide) groups is 1. The Bertz CT molecular complexity index is 952. The molecule has 33 heavy (non-hydrogen) atoms. The minimum absolute atomic E-state index is 0. The van der Waals surface area contributed by atoms with Crippen LogP contribution in [0.2, 0.25) is 0 Å². The zero-order chi connectivity index (χ0) is 23.8. The molecule has 1 aliphatic carbocycles. The van der Waals surface area contributed by atoms with Crippen LogP contribution in [-0.2, 0) is 34.0 Å². The van der Waals surface area contributed by atoms with Crippen molar-refractivity contribution in [1.82, 2.24) is 4.90 Å². The van der Waals surface area contributed by atoms with Crippen LogP contribution in [0.1, 0.15) is 40.0 Å². The van der Waals surface area contributed by atoms with E-state index in [0.29, 0.717) is 12.8 Å². The van der Waals surface area contributed by atoms with E-state index in [1.807, 2.05) is 0 Å². The van der Waals surface area contributed by atoms with Crippen molar-refractivity contribution in [3.8, 4) is 0 Å². The molecule has 2 bridgehead atoms. The van der Waals surface area contributed by atoms with E-state index in [9.17, 15) is 36.1 Å². The van der Waals surface area contributed by atoms with Crippen molar-refractivity contribution in [2.75, 3.05) is 0 Å². The summed E-state index contributed by atoms with van der Waals surface area (Å²) in [5.41, 5.74) is -0.653. The molecule has 6 unspecified atom stereocenters. The zero-order valence-electron chi connectivity index (χ0n) is 18.2. The number of carbonyl (C=O) groups excluding carboxylic acids is 3. The van der Waals surface area contributed by atoms with E-state index in [1.165, 1.54) is 11.8 Å². The van der Waals surface area contributed by atoms with E-state index in [0.717, 1.165) is 6.42 Å². The Morgan fingerprint density at radius 2 is 1.79 bits per heavy atom. The Morgan fingerprint density at radius 1 is 1.18 bits per heavy atom. The van der Waals surface area contributed by atoms with Crippen molar-refractivity contribution in [3.63, 3.8) is 0 Å². The standard InChI is InChI=1S/C19H24F2NO8S2.Rf/c1-18(2,3)22-11-12(30-16(24)8-5-4-6-8)14-10(9(15(22)23)13(11)31-14)17(25)29-7-19(20,21)32(26,27)28;/h7-14H,4-6H2,1-3H3,(H,26,27,28);/q-1;/p-1. The largest absolute Gasteiger partial charge is 0.746 e. The molecule has 0 N–H and O–H groups in total. The monoisotopic (exact) mass is 762 g/mol. The number of halogens is 2.